The van der Waals surface area contributed by atoms with Gasteiger partial charge in [0.25, 0.3) is 0 Å². The number of hydrogen-bond acceptors (Lipinski definition) is 5. The number of carbonyl (C=O) groups is 1. The molecule has 0 radical (unpaired) electrons. The minimum absolute atomic E-state index is 0.0790. The zero-order valence-corrected chi connectivity index (χ0v) is 17.7. The summed E-state index contributed by atoms with van der Waals surface area (Å²) in [7, 11) is 0. The molecule has 2 aromatic carbocycles. The first kappa shape index (κ1) is 21.5. The lowest BCUT2D eigenvalue weighted by Crippen LogP contribution is -2.22. The summed E-state index contributed by atoms with van der Waals surface area (Å²) in [5.74, 6) is -1.33. The van der Waals surface area contributed by atoms with E-state index in [1.54, 1.807) is 0 Å². The second kappa shape index (κ2) is 10.0. The fraction of sp³-hybridized carbons (Fsp3) is 0.318. The predicted molar refractivity (Wildman–Crippen MR) is 116 cm³/mol. The first-order chi connectivity index (χ1) is 15.1. The Morgan fingerprint density at radius 1 is 1.00 bits per heavy atom. The third-order valence-corrected chi connectivity index (χ3v) is 6.04. The van der Waals surface area contributed by atoms with Gasteiger partial charge in [0, 0.05) is 11.8 Å². The molecule has 0 bridgehead atoms. The van der Waals surface area contributed by atoms with E-state index < -0.39 is 11.6 Å². The van der Waals surface area contributed by atoms with Crippen LogP contribution >= 0.6 is 11.8 Å². The van der Waals surface area contributed by atoms with Crippen LogP contribution in [0.2, 0.25) is 0 Å². The normalized spacial score (nSPS) is 14.1. The van der Waals surface area contributed by atoms with Crippen LogP contribution in [0.4, 0.5) is 14.5 Å². The molecule has 1 saturated heterocycles. The third-order valence-electron chi connectivity index (χ3n) is 5.08. The van der Waals surface area contributed by atoms with Crippen molar-refractivity contribution in [2.75, 3.05) is 24.2 Å². The van der Waals surface area contributed by atoms with Gasteiger partial charge in [-0.3, -0.25) is 9.69 Å². The van der Waals surface area contributed by atoms with Gasteiger partial charge in [-0.2, -0.15) is 0 Å². The van der Waals surface area contributed by atoms with E-state index in [2.05, 4.69) is 20.4 Å². The Balaban J connectivity index is 1.45. The standard InChI is InChI=1S/C22H23F2N5OS/c23-18-9-8-17(12-19(18)24)25-21(30)15-31-22-27-26-20(14-28-10-4-5-11-28)29(22)13-16-6-2-1-3-7-16/h1-3,6-9,12H,4-5,10-11,13-15H2,(H,25,30). The van der Waals surface area contributed by atoms with Crippen LogP contribution in [0.25, 0.3) is 0 Å². The number of rotatable bonds is 8. The fourth-order valence-corrected chi connectivity index (χ4v) is 4.27. The first-order valence-electron chi connectivity index (χ1n) is 10.1. The zero-order chi connectivity index (χ0) is 21.6. The molecule has 31 heavy (non-hydrogen) atoms. The van der Waals surface area contributed by atoms with Crippen molar-refractivity contribution in [2.45, 2.75) is 31.1 Å². The van der Waals surface area contributed by atoms with Gasteiger partial charge in [0.1, 0.15) is 5.82 Å². The zero-order valence-electron chi connectivity index (χ0n) is 16.9. The highest BCUT2D eigenvalue weighted by Crippen LogP contribution is 2.22. The van der Waals surface area contributed by atoms with Crippen LogP contribution in [0.5, 0.6) is 0 Å². The number of benzene rings is 2. The largest absolute Gasteiger partial charge is 0.325 e. The van der Waals surface area contributed by atoms with Crippen LogP contribution in [-0.2, 0) is 17.9 Å². The Kier molecular flexibility index (Phi) is 6.93. The molecule has 1 amide bonds. The van der Waals surface area contributed by atoms with Crippen molar-refractivity contribution in [2.24, 2.45) is 0 Å². The molecule has 2 heterocycles. The van der Waals surface area contributed by atoms with Crippen molar-refractivity contribution in [3.8, 4) is 0 Å². The Morgan fingerprint density at radius 3 is 2.52 bits per heavy atom. The highest BCUT2D eigenvalue weighted by molar-refractivity contribution is 7.99. The molecule has 162 valence electrons. The Bertz CT molecular complexity index is 1040. The van der Waals surface area contributed by atoms with E-state index in [1.165, 1.54) is 30.7 Å². The van der Waals surface area contributed by atoms with Gasteiger partial charge in [0.05, 0.1) is 18.8 Å². The molecule has 6 nitrogen and oxygen atoms in total. The Morgan fingerprint density at radius 2 is 1.77 bits per heavy atom. The third kappa shape index (κ3) is 5.68. The summed E-state index contributed by atoms with van der Waals surface area (Å²) in [6, 6.07) is 13.3. The number of carbonyl (C=O) groups excluding carboxylic acids is 1. The van der Waals surface area contributed by atoms with E-state index in [0.29, 0.717) is 11.7 Å². The molecule has 0 aliphatic carbocycles. The molecule has 0 unspecified atom stereocenters. The van der Waals surface area contributed by atoms with E-state index in [0.717, 1.165) is 43.2 Å². The van der Waals surface area contributed by atoms with Crippen molar-refractivity contribution in [3.63, 3.8) is 0 Å². The topological polar surface area (TPSA) is 63.1 Å². The summed E-state index contributed by atoms with van der Waals surface area (Å²) < 4.78 is 28.5. The van der Waals surface area contributed by atoms with Gasteiger partial charge in [0.15, 0.2) is 16.8 Å². The molecule has 1 N–H and O–H groups in total. The maximum atomic E-state index is 13.4. The Labute approximate surface area is 183 Å². The molecule has 0 saturated carbocycles. The van der Waals surface area contributed by atoms with Crippen molar-refractivity contribution in [3.05, 3.63) is 71.6 Å². The number of halogens is 2. The molecule has 0 atom stereocenters. The lowest BCUT2D eigenvalue weighted by Gasteiger charge is -2.16. The van der Waals surface area contributed by atoms with Crippen molar-refractivity contribution in [1.29, 1.82) is 0 Å². The molecular formula is C22H23F2N5OS. The molecule has 1 fully saturated rings. The summed E-state index contributed by atoms with van der Waals surface area (Å²) in [4.78, 5) is 14.7. The van der Waals surface area contributed by atoms with E-state index in [4.69, 9.17) is 0 Å². The summed E-state index contributed by atoms with van der Waals surface area (Å²) in [5.41, 5.74) is 1.34. The van der Waals surface area contributed by atoms with Crippen molar-refractivity contribution >= 4 is 23.4 Å². The molecule has 3 aromatic rings. The molecular weight excluding hydrogens is 420 g/mol. The molecule has 1 aliphatic rings. The number of nitrogens with one attached hydrogen (secondary N) is 1. The van der Waals surface area contributed by atoms with Crippen LogP contribution in [0, 0.1) is 11.6 Å². The number of amides is 1. The second-order valence-electron chi connectivity index (χ2n) is 7.42. The van der Waals surface area contributed by atoms with Crippen LogP contribution in [0.1, 0.15) is 24.2 Å². The highest BCUT2D eigenvalue weighted by Gasteiger charge is 2.19. The van der Waals surface area contributed by atoms with E-state index in [-0.39, 0.29) is 17.3 Å². The van der Waals surface area contributed by atoms with Gasteiger partial charge in [-0.15, -0.1) is 10.2 Å². The van der Waals surface area contributed by atoms with Gasteiger partial charge < -0.3 is 9.88 Å². The lowest BCUT2D eigenvalue weighted by molar-refractivity contribution is -0.113. The number of likely N-dealkylation sites (tertiary alicyclic amines) is 1. The van der Waals surface area contributed by atoms with E-state index in [9.17, 15) is 13.6 Å². The highest BCUT2D eigenvalue weighted by atomic mass is 32.2. The minimum Gasteiger partial charge on any atom is -0.325 e. The van der Waals surface area contributed by atoms with E-state index in [1.807, 2.05) is 34.9 Å². The average Bonchev–Trinajstić information content (AvgIpc) is 3.41. The molecule has 1 aromatic heterocycles. The summed E-state index contributed by atoms with van der Waals surface area (Å²) in [5, 5.41) is 11.9. The molecule has 4 rings (SSSR count). The monoisotopic (exact) mass is 443 g/mol. The second-order valence-corrected chi connectivity index (χ2v) is 8.36. The van der Waals surface area contributed by atoms with Crippen LogP contribution in [-0.4, -0.2) is 44.4 Å². The average molecular weight is 444 g/mol. The SMILES string of the molecule is O=C(CSc1nnc(CN2CCCC2)n1Cc1ccccc1)Nc1ccc(F)c(F)c1. The van der Waals surface area contributed by atoms with Gasteiger partial charge in [-0.25, -0.2) is 8.78 Å². The van der Waals surface area contributed by atoms with Gasteiger partial charge >= 0.3 is 0 Å². The van der Waals surface area contributed by atoms with Crippen LogP contribution in [0.3, 0.4) is 0 Å². The van der Waals surface area contributed by atoms with Crippen LogP contribution in [0.15, 0.2) is 53.7 Å². The maximum absolute atomic E-state index is 13.4. The quantitative estimate of drug-likeness (QED) is 0.535. The lowest BCUT2D eigenvalue weighted by atomic mass is 10.2. The Hall–Kier alpha value is -2.78. The fourth-order valence-electron chi connectivity index (χ4n) is 3.51. The molecule has 1 aliphatic heterocycles. The first-order valence-corrected chi connectivity index (χ1v) is 11.1. The number of aromatic nitrogens is 3. The summed E-state index contributed by atoms with van der Waals surface area (Å²) in [6.07, 6.45) is 2.39. The summed E-state index contributed by atoms with van der Waals surface area (Å²) in [6.45, 7) is 3.44. The maximum Gasteiger partial charge on any atom is 0.234 e. The van der Waals surface area contributed by atoms with Crippen molar-refractivity contribution in [1.82, 2.24) is 19.7 Å². The number of thioether (sulfide) groups is 1. The molecule has 0 spiro atoms. The van der Waals surface area contributed by atoms with Gasteiger partial charge in [-0.1, -0.05) is 42.1 Å². The van der Waals surface area contributed by atoms with Crippen molar-refractivity contribution < 1.29 is 13.6 Å². The molecule has 9 heteroatoms. The minimum atomic E-state index is -1.00. The number of hydrogen-bond donors (Lipinski definition) is 1. The van der Waals surface area contributed by atoms with E-state index >= 15 is 0 Å². The number of anilines is 1. The smallest absolute Gasteiger partial charge is 0.234 e. The van der Waals surface area contributed by atoms with Crippen LogP contribution < -0.4 is 5.32 Å². The van der Waals surface area contributed by atoms with Gasteiger partial charge in [0.2, 0.25) is 5.91 Å². The van der Waals surface area contributed by atoms with Gasteiger partial charge in [-0.05, 0) is 43.6 Å². The number of nitrogens with zero attached hydrogens (tertiary/aromatic N) is 4. The summed E-state index contributed by atoms with van der Waals surface area (Å²) >= 11 is 1.27. The predicted octanol–water partition coefficient (Wildman–Crippen LogP) is 3.93.